The summed E-state index contributed by atoms with van der Waals surface area (Å²) in [6.07, 6.45) is 1.47. The summed E-state index contributed by atoms with van der Waals surface area (Å²) in [5.74, 6) is -0.953. The van der Waals surface area contributed by atoms with Crippen LogP contribution < -0.4 is 0 Å². The molecule has 4 nitrogen and oxygen atoms in total. The Kier molecular flexibility index (Phi) is 3.09. The van der Waals surface area contributed by atoms with Gasteiger partial charge in [0.25, 0.3) is 0 Å². The smallest absolute Gasteiger partial charge is 0.315 e. The molecule has 0 saturated heterocycles. The van der Waals surface area contributed by atoms with E-state index in [0.717, 1.165) is 0 Å². The molecule has 1 heterocycles. The van der Waals surface area contributed by atoms with Crippen molar-refractivity contribution in [3.05, 3.63) is 16.9 Å². The molecule has 0 aliphatic carbocycles. The van der Waals surface area contributed by atoms with Gasteiger partial charge in [-0.3, -0.25) is 9.48 Å². The van der Waals surface area contributed by atoms with Gasteiger partial charge in [0, 0.05) is 7.05 Å². The van der Waals surface area contributed by atoms with E-state index in [0.29, 0.717) is 10.7 Å². The highest BCUT2D eigenvalue weighted by molar-refractivity contribution is 6.31. The number of rotatable bonds is 3. The lowest BCUT2D eigenvalue weighted by molar-refractivity contribution is -0.145. The lowest BCUT2D eigenvalue weighted by Crippen LogP contribution is -2.39. The zero-order valence-electron chi connectivity index (χ0n) is 9.28. The van der Waals surface area contributed by atoms with Gasteiger partial charge >= 0.3 is 5.97 Å². The number of carbonyl (C=O) groups is 1. The van der Waals surface area contributed by atoms with Crippen LogP contribution in [-0.2, 0) is 17.3 Å². The zero-order valence-corrected chi connectivity index (χ0v) is 10.0. The first kappa shape index (κ1) is 12.0. The molecule has 1 unspecified atom stereocenters. The topological polar surface area (TPSA) is 55.1 Å². The first-order valence-corrected chi connectivity index (χ1v) is 5.11. The van der Waals surface area contributed by atoms with E-state index in [1.807, 2.05) is 13.8 Å². The van der Waals surface area contributed by atoms with Gasteiger partial charge in [0.1, 0.15) is 5.41 Å². The Bertz CT molecular complexity index is 367. The van der Waals surface area contributed by atoms with Crippen LogP contribution in [0.2, 0.25) is 5.02 Å². The van der Waals surface area contributed by atoms with E-state index in [-0.39, 0.29) is 5.92 Å². The number of halogens is 1. The molecule has 0 saturated carbocycles. The predicted octanol–water partition coefficient (Wildman–Crippen LogP) is 2.07. The second kappa shape index (κ2) is 3.85. The highest BCUT2D eigenvalue weighted by Gasteiger charge is 2.42. The third-order valence-corrected chi connectivity index (χ3v) is 3.26. The number of carboxylic acid groups (broad SMARTS) is 1. The number of hydrogen-bond donors (Lipinski definition) is 1. The molecule has 0 bridgehead atoms. The Morgan fingerprint density at radius 3 is 2.47 bits per heavy atom. The highest BCUT2D eigenvalue weighted by Crippen LogP contribution is 2.36. The standard InChI is InChI=1S/C10H15ClN2O2/c1-6(2)10(3,9(14)15)8-7(11)5-12-13(8)4/h5-6H,1-4H3,(H,14,15). The van der Waals surface area contributed by atoms with Crippen LogP contribution in [0, 0.1) is 5.92 Å². The quantitative estimate of drug-likeness (QED) is 0.865. The Morgan fingerprint density at radius 2 is 2.20 bits per heavy atom. The molecule has 1 N–H and O–H groups in total. The van der Waals surface area contributed by atoms with Crippen LogP contribution in [0.4, 0.5) is 0 Å². The Morgan fingerprint density at radius 1 is 1.67 bits per heavy atom. The van der Waals surface area contributed by atoms with E-state index in [1.54, 1.807) is 14.0 Å². The third kappa shape index (κ3) is 1.74. The summed E-state index contributed by atoms with van der Waals surface area (Å²) in [4.78, 5) is 11.4. The van der Waals surface area contributed by atoms with Gasteiger partial charge in [-0.15, -0.1) is 0 Å². The lowest BCUT2D eigenvalue weighted by Gasteiger charge is -2.29. The van der Waals surface area contributed by atoms with Gasteiger partial charge in [-0.25, -0.2) is 0 Å². The molecule has 1 aromatic heterocycles. The van der Waals surface area contributed by atoms with Crippen molar-refractivity contribution in [3.63, 3.8) is 0 Å². The van der Waals surface area contributed by atoms with E-state index in [2.05, 4.69) is 5.10 Å². The van der Waals surface area contributed by atoms with Gasteiger partial charge in [-0.1, -0.05) is 25.4 Å². The molecule has 84 valence electrons. The van der Waals surface area contributed by atoms with Crippen molar-refractivity contribution in [2.75, 3.05) is 0 Å². The number of nitrogens with zero attached hydrogens (tertiary/aromatic N) is 2. The van der Waals surface area contributed by atoms with Crippen molar-refractivity contribution < 1.29 is 9.90 Å². The van der Waals surface area contributed by atoms with E-state index < -0.39 is 11.4 Å². The van der Waals surface area contributed by atoms with Gasteiger partial charge in [0.15, 0.2) is 0 Å². The van der Waals surface area contributed by atoms with Crippen molar-refractivity contribution in [2.45, 2.75) is 26.2 Å². The minimum absolute atomic E-state index is 0.0668. The van der Waals surface area contributed by atoms with Crippen LogP contribution in [0.3, 0.4) is 0 Å². The first-order chi connectivity index (χ1) is 6.81. The zero-order chi connectivity index (χ0) is 11.8. The highest BCUT2D eigenvalue weighted by atomic mass is 35.5. The van der Waals surface area contributed by atoms with E-state index >= 15 is 0 Å². The number of aromatic nitrogens is 2. The minimum Gasteiger partial charge on any atom is -0.481 e. The monoisotopic (exact) mass is 230 g/mol. The molecule has 1 rings (SSSR count). The molecule has 0 amide bonds. The SMILES string of the molecule is CC(C)C(C)(C(=O)O)c1c(Cl)cnn1C. The Balaban J connectivity index is 3.40. The first-order valence-electron chi connectivity index (χ1n) is 4.73. The van der Waals surface area contributed by atoms with Crippen molar-refractivity contribution in [2.24, 2.45) is 13.0 Å². The number of aryl methyl sites for hydroxylation is 1. The van der Waals surface area contributed by atoms with Crippen LogP contribution in [-0.4, -0.2) is 20.9 Å². The van der Waals surface area contributed by atoms with E-state index in [1.165, 1.54) is 10.9 Å². The maximum atomic E-state index is 11.4. The summed E-state index contributed by atoms with van der Waals surface area (Å²) in [5, 5.41) is 13.7. The van der Waals surface area contributed by atoms with Crippen LogP contribution >= 0.6 is 11.6 Å². The van der Waals surface area contributed by atoms with Gasteiger partial charge in [-0.05, 0) is 12.8 Å². The fourth-order valence-corrected chi connectivity index (χ4v) is 1.98. The second-order valence-corrected chi connectivity index (χ2v) is 4.53. The molecule has 0 radical (unpaired) electrons. The van der Waals surface area contributed by atoms with Crippen molar-refractivity contribution >= 4 is 17.6 Å². The molecule has 0 aliphatic heterocycles. The second-order valence-electron chi connectivity index (χ2n) is 4.13. The summed E-state index contributed by atoms with van der Waals surface area (Å²) >= 11 is 5.97. The normalized spacial score (nSPS) is 15.3. The number of aliphatic carboxylic acids is 1. The maximum Gasteiger partial charge on any atom is 0.315 e. The molecular formula is C10H15ClN2O2. The summed E-state index contributed by atoms with van der Waals surface area (Å²) in [6, 6.07) is 0. The number of hydrogen-bond acceptors (Lipinski definition) is 2. The summed E-state index contributed by atoms with van der Waals surface area (Å²) in [6.45, 7) is 5.39. The molecular weight excluding hydrogens is 216 g/mol. The van der Waals surface area contributed by atoms with Crippen LogP contribution in [0.5, 0.6) is 0 Å². The fraction of sp³-hybridized carbons (Fsp3) is 0.600. The van der Waals surface area contributed by atoms with Gasteiger partial charge in [0.2, 0.25) is 0 Å². The van der Waals surface area contributed by atoms with Gasteiger partial charge in [0.05, 0.1) is 16.9 Å². The van der Waals surface area contributed by atoms with Crippen molar-refractivity contribution in [3.8, 4) is 0 Å². The minimum atomic E-state index is -1.01. The molecule has 1 atom stereocenters. The Hall–Kier alpha value is -1.03. The average molecular weight is 231 g/mol. The molecule has 0 spiro atoms. The summed E-state index contributed by atoms with van der Waals surface area (Å²) in [5.41, 5.74) is -0.464. The average Bonchev–Trinajstić information content (AvgIpc) is 2.44. The molecule has 5 heteroatoms. The molecule has 0 fully saturated rings. The number of carboxylic acids is 1. The van der Waals surface area contributed by atoms with E-state index in [4.69, 9.17) is 11.6 Å². The molecule has 1 aromatic rings. The van der Waals surface area contributed by atoms with Gasteiger partial charge in [-0.2, -0.15) is 5.10 Å². The summed E-state index contributed by atoms with van der Waals surface area (Å²) in [7, 11) is 1.70. The largest absolute Gasteiger partial charge is 0.481 e. The lowest BCUT2D eigenvalue weighted by atomic mass is 9.76. The van der Waals surface area contributed by atoms with Crippen molar-refractivity contribution in [1.29, 1.82) is 0 Å². The third-order valence-electron chi connectivity index (χ3n) is 2.99. The van der Waals surface area contributed by atoms with E-state index in [9.17, 15) is 9.90 Å². The van der Waals surface area contributed by atoms with Crippen LogP contribution in [0.25, 0.3) is 0 Å². The van der Waals surface area contributed by atoms with Crippen LogP contribution in [0.1, 0.15) is 26.5 Å². The molecule has 0 aromatic carbocycles. The predicted molar refractivity (Wildman–Crippen MR) is 58.0 cm³/mol. The van der Waals surface area contributed by atoms with Crippen molar-refractivity contribution in [1.82, 2.24) is 9.78 Å². The summed E-state index contributed by atoms with van der Waals surface area (Å²) < 4.78 is 1.52. The Labute approximate surface area is 93.9 Å². The van der Waals surface area contributed by atoms with Gasteiger partial charge < -0.3 is 5.11 Å². The van der Waals surface area contributed by atoms with Crippen LogP contribution in [0.15, 0.2) is 6.20 Å². The molecule has 15 heavy (non-hydrogen) atoms. The fourth-order valence-electron chi connectivity index (χ4n) is 1.62. The maximum absolute atomic E-state index is 11.4. The molecule has 0 aliphatic rings.